The van der Waals surface area contributed by atoms with Gasteiger partial charge in [0.25, 0.3) is 0 Å². The van der Waals surface area contributed by atoms with E-state index in [0.29, 0.717) is 12.9 Å². The Bertz CT molecular complexity index is 604. The number of nitrogens with zero attached hydrogens (tertiary/aromatic N) is 1. The fourth-order valence-electron chi connectivity index (χ4n) is 1.95. The second-order valence-electron chi connectivity index (χ2n) is 4.39. The van der Waals surface area contributed by atoms with Crippen LogP contribution >= 0.6 is 0 Å². The monoisotopic (exact) mass is 287 g/mol. The predicted octanol–water partition coefficient (Wildman–Crippen LogP) is 2.65. The van der Waals surface area contributed by atoms with Gasteiger partial charge in [0.05, 0.1) is 24.5 Å². The quantitative estimate of drug-likeness (QED) is 0.580. The third-order valence-electron chi connectivity index (χ3n) is 2.96. The van der Waals surface area contributed by atoms with E-state index in [4.69, 9.17) is 9.47 Å². The molecule has 0 aliphatic rings. The number of ether oxygens (including phenoxy) is 2. The van der Waals surface area contributed by atoms with Crippen LogP contribution in [0.4, 0.5) is 0 Å². The number of hydrogen-bond acceptors (Lipinski definition) is 4. The van der Waals surface area contributed by atoms with Crippen molar-refractivity contribution in [3.05, 3.63) is 59.4 Å². The number of hydrogen-bond donors (Lipinski definition) is 0. The zero-order valence-electron chi connectivity index (χ0n) is 11.8. The number of benzene rings is 1. The SMILES string of the molecule is CCOC(=O)c1ccn(COCc2ccccc2)c1C=O. The fraction of sp³-hybridized carbons (Fsp3) is 0.250. The lowest BCUT2D eigenvalue weighted by Gasteiger charge is -2.08. The molecule has 0 atom stereocenters. The minimum atomic E-state index is -0.499. The van der Waals surface area contributed by atoms with Gasteiger partial charge in [0.1, 0.15) is 6.73 Å². The van der Waals surface area contributed by atoms with Gasteiger partial charge in [-0.25, -0.2) is 4.79 Å². The van der Waals surface area contributed by atoms with Crippen molar-refractivity contribution in [2.75, 3.05) is 6.61 Å². The van der Waals surface area contributed by atoms with E-state index in [0.717, 1.165) is 5.56 Å². The number of aromatic nitrogens is 1. The zero-order chi connectivity index (χ0) is 15.1. The van der Waals surface area contributed by atoms with Crippen molar-refractivity contribution in [3.8, 4) is 0 Å². The lowest BCUT2D eigenvalue weighted by molar-refractivity contribution is 0.0516. The fourth-order valence-corrected chi connectivity index (χ4v) is 1.95. The van der Waals surface area contributed by atoms with Crippen molar-refractivity contribution in [1.29, 1.82) is 0 Å². The second-order valence-corrected chi connectivity index (χ2v) is 4.39. The Balaban J connectivity index is 2.00. The first kappa shape index (κ1) is 15.0. The van der Waals surface area contributed by atoms with Gasteiger partial charge < -0.3 is 14.0 Å². The van der Waals surface area contributed by atoms with Gasteiger partial charge in [0.2, 0.25) is 0 Å². The van der Waals surface area contributed by atoms with Crippen LogP contribution in [0.15, 0.2) is 42.6 Å². The molecule has 1 aromatic carbocycles. The van der Waals surface area contributed by atoms with Gasteiger partial charge in [-0.1, -0.05) is 30.3 Å². The van der Waals surface area contributed by atoms with E-state index in [1.807, 2.05) is 30.3 Å². The van der Waals surface area contributed by atoms with Gasteiger partial charge in [0, 0.05) is 6.20 Å². The first-order valence-corrected chi connectivity index (χ1v) is 6.69. The van der Waals surface area contributed by atoms with Gasteiger partial charge >= 0.3 is 5.97 Å². The summed E-state index contributed by atoms with van der Waals surface area (Å²) >= 11 is 0. The maximum atomic E-state index is 11.7. The molecule has 0 saturated heterocycles. The minimum Gasteiger partial charge on any atom is -0.462 e. The highest BCUT2D eigenvalue weighted by atomic mass is 16.5. The summed E-state index contributed by atoms with van der Waals surface area (Å²) < 4.78 is 12.0. The highest BCUT2D eigenvalue weighted by molar-refractivity contribution is 5.97. The Morgan fingerprint density at radius 3 is 2.67 bits per heavy atom. The molecule has 0 unspecified atom stereocenters. The molecule has 0 saturated carbocycles. The molecule has 2 rings (SSSR count). The topological polar surface area (TPSA) is 57.5 Å². The normalized spacial score (nSPS) is 10.3. The van der Waals surface area contributed by atoms with Crippen molar-refractivity contribution < 1.29 is 19.1 Å². The van der Waals surface area contributed by atoms with Gasteiger partial charge in [0.15, 0.2) is 6.29 Å². The molecular formula is C16H17NO4. The van der Waals surface area contributed by atoms with Crippen molar-refractivity contribution >= 4 is 12.3 Å². The van der Waals surface area contributed by atoms with Gasteiger partial charge in [-0.2, -0.15) is 0 Å². The van der Waals surface area contributed by atoms with Gasteiger partial charge in [-0.15, -0.1) is 0 Å². The Morgan fingerprint density at radius 2 is 2.00 bits per heavy atom. The zero-order valence-corrected chi connectivity index (χ0v) is 11.8. The average Bonchev–Trinajstić information content (AvgIpc) is 2.91. The molecule has 0 spiro atoms. The first-order chi connectivity index (χ1) is 10.3. The van der Waals surface area contributed by atoms with Crippen LogP contribution in [0.1, 0.15) is 33.3 Å². The number of rotatable bonds is 7. The van der Waals surface area contributed by atoms with Crippen LogP contribution < -0.4 is 0 Å². The van der Waals surface area contributed by atoms with E-state index in [2.05, 4.69) is 0 Å². The highest BCUT2D eigenvalue weighted by Gasteiger charge is 2.16. The molecule has 0 N–H and O–H groups in total. The standard InChI is InChI=1S/C16H17NO4/c1-2-21-16(19)14-8-9-17(15(14)10-18)12-20-11-13-6-4-3-5-7-13/h3-10H,2,11-12H2,1H3. The smallest absolute Gasteiger partial charge is 0.340 e. The second kappa shape index (κ2) is 7.40. The Morgan fingerprint density at radius 1 is 1.24 bits per heavy atom. The minimum absolute atomic E-state index is 0.197. The number of aldehydes is 1. The van der Waals surface area contributed by atoms with E-state index in [-0.39, 0.29) is 24.6 Å². The molecule has 21 heavy (non-hydrogen) atoms. The average molecular weight is 287 g/mol. The van der Waals surface area contributed by atoms with Crippen LogP contribution in [0.3, 0.4) is 0 Å². The molecule has 0 amide bonds. The molecule has 0 aliphatic carbocycles. The van der Waals surface area contributed by atoms with Crippen molar-refractivity contribution in [2.24, 2.45) is 0 Å². The maximum absolute atomic E-state index is 11.7. The summed E-state index contributed by atoms with van der Waals surface area (Å²) in [5, 5.41) is 0. The van der Waals surface area contributed by atoms with Crippen molar-refractivity contribution in [2.45, 2.75) is 20.3 Å². The molecule has 2 aromatic rings. The van der Waals surface area contributed by atoms with Gasteiger partial charge in [-0.05, 0) is 18.6 Å². The van der Waals surface area contributed by atoms with E-state index < -0.39 is 5.97 Å². The van der Waals surface area contributed by atoms with E-state index in [1.165, 1.54) is 0 Å². The van der Waals surface area contributed by atoms with Gasteiger partial charge in [-0.3, -0.25) is 4.79 Å². The van der Waals surface area contributed by atoms with E-state index >= 15 is 0 Å². The summed E-state index contributed by atoms with van der Waals surface area (Å²) in [5.41, 5.74) is 1.57. The predicted molar refractivity (Wildman–Crippen MR) is 77.0 cm³/mol. The first-order valence-electron chi connectivity index (χ1n) is 6.69. The summed E-state index contributed by atoms with van der Waals surface area (Å²) in [5.74, 6) is -0.499. The number of carbonyl (C=O) groups is 2. The molecule has 5 nitrogen and oxygen atoms in total. The van der Waals surface area contributed by atoms with Crippen LogP contribution in [-0.4, -0.2) is 23.4 Å². The van der Waals surface area contributed by atoms with Crippen molar-refractivity contribution in [3.63, 3.8) is 0 Å². The third kappa shape index (κ3) is 3.79. The van der Waals surface area contributed by atoms with Crippen LogP contribution in [0.2, 0.25) is 0 Å². The molecular weight excluding hydrogens is 270 g/mol. The molecule has 110 valence electrons. The Hall–Kier alpha value is -2.40. The summed E-state index contributed by atoms with van der Waals surface area (Å²) in [6.07, 6.45) is 2.28. The Kier molecular flexibility index (Phi) is 5.29. The van der Waals surface area contributed by atoms with E-state index in [1.54, 1.807) is 23.8 Å². The van der Waals surface area contributed by atoms with Crippen LogP contribution in [0.25, 0.3) is 0 Å². The lowest BCUT2D eigenvalue weighted by atomic mass is 10.2. The molecule has 0 aliphatic heterocycles. The number of carbonyl (C=O) groups excluding carboxylic acids is 2. The molecule has 0 bridgehead atoms. The van der Waals surface area contributed by atoms with Crippen molar-refractivity contribution in [1.82, 2.24) is 4.57 Å². The summed E-state index contributed by atoms with van der Waals surface area (Å²) in [6.45, 7) is 2.62. The molecule has 5 heteroatoms. The summed E-state index contributed by atoms with van der Waals surface area (Å²) in [6, 6.07) is 11.3. The molecule has 0 radical (unpaired) electrons. The third-order valence-corrected chi connectivity index (χ3v) is 2.96. The number of esters is 1. The Labute approximate surface area is 123 Å². The van der Waals surface area contributed by atoms with Crippen LogP contribution in [0.5, 0.6) is 0 Å². The maximum Gasteiger partial charge on any atom is 0.340 e. The summed E-state index contributed by atoms with van der Waals surface area (Å²) in [4.78, 5) is 22.9. The molecule has 1 heterocycles. The molecule has 1 aromatic heterocycles. The van der Waals surface area contributed by atoms with Crippen LogP contribution in [0, 0.1) is 0 Å². The lowest BCUT2D eigenvalue weighted by Crippen LogP contribution is -2.10. The van der Waals surface area contributed by atoms with E-state index in [9.17, 15) is 9.59 Å². The summed E-state index contributed by atoms with van der Waals surface area (Å²) in [7, 11) is 0. The molecule has 0 fully saturated rings. The van der Waals surface area contributed by atoms with Crippen LogP contribution in [-0.2, 0) is 22.8 Å². The largest absolute Gasteiger partial charge is 0.462 e. The highest BCUT2D eigenvalue weighted by Crippen LogP contribution is 2.12.